The van der Waals surface area contributed by atoms with Crippen LogP contribution in [0.4, 0.5) is 5.95 Å². The van der Waals surface area contributed by atoms with Crippen LogP contribution in [-0.2, 0) is 6.42 Å². The van der Waals surface area contributed by atoms with Crippen molar-refractivity contribution in [3.05, 3.63) is 54.6 Å². The molecule has 2 N–H and O–H groups in total. The molecule has 0 atom stereocenters. The van der Waals surface area contributed by atoms with E-state index >= 15 is 0 Å². The Labute approximate surface area is 132 Å². The van der Waals surface area contributed by atoms with Crippen molar-refractivity contribution in [2.24, 2.45) is 0 Å². The number of nitrogen functional groups attached to an aromatic ring is 1. The van der Waals surface area contributed by atoms with Crippen molar-refractivity contribution in [2.75, 3.05) is 5.73 Å². The first-order chi connectivity index (χ1) is 11.3. The lowest BCUT2D eigenvalue weighted by molar-refractivity contribution is 0.782. The fourth-order valence-electron chi connectivity index (χ4n) is 2.56. The highest BCUT2D eigenvalue weighted by atomic mass is 15.4. The smallest absolute Gasteiger partial charge is 0.239 e. The molecule has 4 aromatic rings. The Balaban J connectivity index is 2.04. The predicted molar refractivity (Wildman–Crippen MR) is 87.6 cm³/mol. The number of aryl methyl sites for hydroxylation is 1. The second kappa shape index (κ2) is 5.20. The molecule has 0 saturated carbocycles. The molecular weight excluding hydrogens is 290 g/mol. The van der Waals surface area contributed by atoms with Gasteiger partial charge >= 0.3 is 0 Å². The van der Waals surface area contributed by atoms with E-state index in [0.717, 1.165) is 16.7 Å². The van der Waals surface area contributed by atoms with Gasteiger partial charge in [0.15, 0.2) is 5.82 Å². The summed E-state index contributed by atoms with van der Waals surface area (Å²) in [4.78, 5) is 13.1. The van der Waals surface area contributed by atoms with Crippen LogP contribution in [0.25, 0.3) is 22.7 Å². The molecule has 0 fully saturated rings. The van der Waals surface area contributed by atoms with Gasteiger partial charge in [-0.05, 0) is 18.2 Å². The van der Waals surface area contributed by atoms with Gasteiger partial charge in [-0.15, -0.1) is 5.10 Å². The summed E-state index contributed by atoms with van der Waals surface area (Å²) in [5.74, 6) is 1.61. The summed E-state index contributed by atoms with van der Waals surface area (Å²) in [7, 11) is 0. The molecule has 7 nitrogen and oxygen atoms in total. The zero-order valence-electron chi connectivity index (χ0n) is 12.6. The Kier molecular flexibility index (Phi) is 3.04. The molecule has 0 bridgehead atoms. The van der Waals surface area contributed by atoms with Gasteiger partial charge in [-0.25, -0.2) is 4.98 Å². The number of rotatable bonds is 3. The van der Waals surface area contributed by atoms with Gasteiger partial charge in [0.05, 0.1) is 11.7 Å². The van der Waals surface area contributed by atoms with E-state index in [9.17, 15) is 0 Å². The third kappa shape index (κ3) is 2.13. The van der Waals surface area contributed by atoms with Gasteiger partial charge in [0.1, 0.15) is 5.52 Å². The van der Waals surface area contributed by atoms with E-state index < -0.39 is 0 Å². The minimum Gasteiger partial charge on any atom is -0.368 e. The van der Waals surface area contributed by atoms with Crippen LogP contribution in [0.2, 0.25) is 0 Å². The number of imidazole rings is 1. The standard InChI is InChI=1S/C16H15N7/c1-2-14-20-15(17)23(21-14)16-19-12-10-18-9-8-13(12)22(16)11-6-4-3-5-7-11/h3-10H,2H2,1H3,(H2,17,20,21). The van der Waals surface area contributed by atoms with Crippen LogP contribution in [0.15, 0.2) is 48.8 Å². The zero-order valence-corrected chi connectivity index (χ0v) is 12.6. The van der Waals surface area contributed by atoms with Gasteiger partial charge in [0.2, 0.25) is 11.9 Å². The van der Waals surface area contributed by atoms with Crippen LogP contribution >= 0.6 is 0 Å². The molecule has 0 aliphatic rings. The molecule has 0 radical (unpaired) electrons. The summed E-state index contributed by atoms with van der Waals surface area (Å²) in [6.45, 7) is 1.99. The van der Waals surface area contributed by atoms with E-state index in [1.807, 2.05) is 47.9 Å². The highest BCUT2D eigenvalue weighted by Gasteiger charge is 2.18. The van der Waals surface area contributed by atoms with Crippen LogP contribution in [0.3, 0.4) is 0 Å². The van der Waals surface area contributed by atoms with Crippen molar-refractivity contribution in [1.29, 1.82) is 0 Å². The lowest BCUT2D eigenvalue weighted by Crippen LogP contribution is -2.09. The van der Waals surface area contributed by atoms with Gasteiger partial charge in [0, 0.05) is 18.3 Å². The maximum absolute atomic E-state index is 6.04. The minimum atomic E-state index is 0.322. The largest absolute Gasteiger partial charge is 0.368 e. The fraction of sp³-hybridized carbons (Fsp3) is 0.125. The first-order valence-corrected chi connectivity index (χ1v) is 7.37. The molecule has 3 aromatic heterocycles. The lowest BCUT2D eigenvalue weighted by Gasteiger charge is -2.09. The molecule has 4 rings (SSSR count). The topological polar surface area (TPSA) is 87.4 Å². The summed E-state index contributed by atoms with van der Waals surface area (Å²) in [5.41, 5.74) is 8.73. The Hall–Kier alpha value is -3.22. The number of nitrogens with two attached hydrogens (primary N) is 1. The number of aromatic nitrogens is 6. The molecule has 0 spiro atoms. The average molecular weight is 305 g/mol. The van der Waals surface area contributed by atoms with Gasteiger partial charge in [-0.1, -0.05) is 25.1 Å². The highest BCUT2D eigenvalue weighted by Crippen LogP contribution is 2.24. The van der Waals surface area contributed by atoms with E-state index in [1.54, 1.807) is 17.1 Å². The molecule has 0 aliphatic heterocycles. The summed E-state index contributed by atoms with van der Waals surface area (Å²) in [5, 5.41) is 4.46. The molecule has 114 valence electrons. The Morgan fingerprint density at radius 1 is 1.09 bits per heavy atom. The second-order valence-corrected chi connectivity index (χ2v) is 5.10. The fourth-order valence-corrected chi connectivity index (χ4v) is 2.56. The molecule has 23 heavy (non-hydrogen) atoms. The third-order valence-electron chi connectivity index (χ3n) is 3.64. The monoisotopic (exact) mass is 305 g/mol. The summed E-state index contributed by atoms with van der Waals surface area (Å²) in [6, 6.07) is 11.9. The lowest BCUT2D eigenvalue weighted by atomic mass is 10.3. The first kappa shape index (κ1) is 13.4. The minimum absolute atomic E-state index is 0.322. The van der Waals surface area contributed by atoms with Crippen molar-refractivity contribution >= 4 is 17.0 Å². The SMILES string of the molecule is CCc1nc(N)n(-c2nc3cnccc3n2-c2ccccc2)n1. The maximum Gasteiger partial charge on any atom is 0.239 e. The number of anilines is 1. The first-order valence-electron chi connectivity index (χ1n) is 7.37. The molecule has 7 heteroatoms. The highest BCUT2D eigenvalue weighted by molar-refractivity contribution is 5.78. The number of hydrogen-bond donors (Lipinski definition) is 1. The average Bonchev–Trinajstić information content (AvgIpc) is 3.15. The van der Waals surface area contributed by atoms with E-state index in [2.05, 4.69) is 20.1 Å². The number of hydrogen-bond acceptors (Lipinski definition) is 5. The number of nitrogens with zero attached hydrogens (tertiary/aromatic N) is 6. The molecule has 0 aliphatic carbocycles. The second-order valence-electron chi connectivity index (χ2n) is 5.10. The van der Waals surface area contributed by atoms with Crippen molar-refractivity contribution in [1.82, 2.24) is 29.3 Å². The van der Waals surface area contributed by atoms with Gasteiger partial charge in [0.25, 0.3) is 0 Å². The summed E-state index contributed by atoms with van der Waals surface area (Å²) in [6.07, 6.45) is 4.19. The van der Waals surface area contributed by atoms with E-state index in [0.29, 0.717) is 24.1 Å². The summed E-state index contributed by atoms with van der Waals surface area (Å²) < 4.78 is 3.58. The normalized spacial score (nSPS) is 11.2. The zero-order chi connectivity index (χ0) is 15.8. The number of fused-ring (bicyclic) bond motifs is 1. The van der Waals surface area contributed by atoms with Crippen LogP contribution in [0.5, 0.6) is 0 Å². The van der Waals surface area contributed by atoms with Crippen LogP contribution in [0, 0.1) is 0 Å². The van der Waals surface area contributed by atoms with Crippen LogP contribution in [0.1, 0.15) is 12.7 Å². The molecule has 0 unspecified atom stereocenters. The number of pyridine rings is 1. The van der Waals surface area contributed by atoms with Crippen molar-refractivity contribution in [2.45, 2.75) is 13.3 Å². The third-order valence-corrected chi connectivity index (χ3v) is 3.64. The van der Waals surface area contributed by atoms with Crippen molar-refractivity contribution in [3.63, 3.8) is 0 Å². The molecule has 0 saturated heterocycles. The molecular formula is C16H15N7. The maximum atomic E-state index is 6.04. The molecule has 3 heterocycles. The Bertz CT molecular complexity index is 969. The van der Waals surface area contributed by atoms with Crippen LogP contribution < -0.4 is 5.73 Å². The summed E-state index contributed by atoms with van der Waals surface area (Å²) >= 11 is 0. The Morgan fingerprint density at radius 3 is 2.65 bits per heavy atom. The predicted octanol–water partition coefficient (Wildman–Crippen LogP) is 2.15. The number of para-hydroxylation sites is 1. The van der Waals surface area contributed by atoms with Crippen LogP contribution in [-0.4, -0.2) is 29.3 Å². The van der Waals surface area contributed by atoms with E-state index in [4.69, 9.17) is 5.73 Å². The number of benzene rings is 1. The van der Waals surface area contributed by atoms with Gasteiger partial charge in [-0.3, -0.25) is 9.55 Å². The van der Waals surface area contributed by atoms with Crippen molar-refractivity contribution < 1.29 is 0 Å². The quantitative estimate of drug-likeness (QED) is 0.626. The Morgan fingerprint density at radius 2 is 1.91 bits per heavy atom. The molecule has 0 amide bonds. The van der Waals surface area contributed by atoms with Gasteiger partial charge < -0.3 is 5.73 Å². The van der Waals surface area contributed by atoms with Gasteiger partial charge in [-0.2, -0.15) is 9.67 Å². The van der Waals surface area contributed by atoms with E-state index in [1.165, 1.54) is 0 Å². The molecule has 1 aromatic carbocycles. The van der Waals surface area contributed by atoms with Crippen molar-refractivity contribution in [3.8, 4) is 11.6 Å². The van der Waals surface area contributed by atoms with E-state index in [-0.39, 0.29) is 0 Å².